The molecule has 0 atom stereocenters. The fraction of sp³-hybridized carbons (Fsp3) is 0.429. The molecule has 2 aromatic carbocycles. The molecule has 0 saturated carbocycles. The zero-order valence-electron chi connectivity index (χ0n) is 17.3. The van der Waals surface area contributed by atoms with E-state index in [0.29, 0.717) is 48.3 Å². The predicted octanol–water partition coefficient (Wildman–Crippen LogP) is 4.25. The van der Waals surface area contributed by atoms with Crippen molar-refractivity contribution in [2.75, 3.05) is 27.3 Å². The van der Waals surface area contributed by atoms with Crippen molar-refractivity contribution >= 4 is 17.3 Å². The summed E-state index contributed by atoms with van der Waals surface area (Å²) in [7, 11) is 2.96. The third-order valence-electron chi connectivity index (χ3n) is 4.67. The van der Waals surface area contributed by atoms with Crippen molar-refractivity contribution in [2.45, 2.75) is 26.9 Å². The van der Waals surface area contributed by atoms with Crippen molar-refractivity contribution in [1.82, 2.24) is 4.90 Å². The Hall–Kier alpha value is -2.35. The molecule has 0 aliphatic rings. The minimum atomic E-state index is -0.400. The van der Waals surface area contributed by atoms with Gasteiger partial charge in [0, 0.05) is 30.2 Å². The van der Waals surface area contributed by atoms with Crippen LogP contribution in [0.25, 0.3) is 0 Å². The van der Waals surface area contributed by atoms with Crippen LogP contribution in [0.4, 0.5) is 5.69 Å². The molecule has 0 spiro atoms. The lowest BCUT2D eigenvalue weighted by atomic mass is 9.92. The Balaban J connectivity index is 2.42. The van der Waals surface area contributed by atoms with Crippen LogP contribution in [0.2, 0.25) is 5.02 Å². The summed E-state index contributed by atoms with van der Waals surface area (Å²) in [5.74, 6) is 0.778. The second-order valence-electron chi connectivity index (χ2n) is 7.74. The lowest BCUT2D eigenvalue weighted by molar-refractivity contribution is -0.385. The molecule has 158 valence electrons. The van der Waals surface area contributed by atoms with Gasteiger partial charge in [0.2, 0.25) is 0 Å². The van der Waals surface area contributed by atoms with E-state index in [4.69, 9.17) is 26.8 Å². The maximum absolute atomic E-state index is 11.7. The highest BCUT2D eigenvalue weighted by atomic mass is 35.5. The van der Waals surface area contributed by atoms with Gasteiger partial charge in [-0.2, -0.15) is 0 Å². The summed E-state index contributed by atoms with van der Waals surface area (Å²) < 4.78 is 10.6. The summed E-state index contributed by atoms with van der Waals surface area (Å²) in [5.41, 5.74) is 7.33. The number of nitrogens with zero attached hydrogens (tertiary/aromatic N) is 2. The Bertz CT molecular complexity index is 858. The monoisotopic (exact) mass is 421 g/mol. The van der Waals surface area contributed by atoms with E-state index in [1.165, 1.54) is 20.3 Å². The van der Waals surface area contributed by atoms with Crippen molar-refractivity contribution < 1.29 is 14.4 Å². The standard InChI is InChI=1S/C21H28ClN3O4/c1-21(2,13-23)14-24(11-15-6-5-7-17(22)8-15)12-16-9-19(28-3)20(29-4)10-18(16)25(26)27/h5-10H,11-14,23H2,1-4H3. The minimum Gasteiger partial charge on any atom is -0.493 e. The molecule has 2 aromatic rings. The molecule has 0 aliphatic heterocycles. The van der Waals surface area contributed by atoms with Crippen LogP contribution in [-0.4, -0.2) is 37.1 Å². The Morgan fingerprint density at radius 1 is 1.14 bits per heavy atom. The molecule has 0 heterocycles. The van der Waals surface area contributed by atoms with E-state index >= 15 is 0 Å². The Labute approximate surface area is 176 Å². The van der Waals surface area contributed by atoms with Crippen LogP contribution in [-0.2, 0) is 13.1 Å². The minimum absolute atomic E-state index is 0.00991. The number of hydrogen-bond acceptors (Lipinski definition) is 6. The maximum Gasteiger partial charge on any atom is 0.277 e. The third kappa shape index (κ3) is 6.32. The van der Waals surface area contributed by atoms with Crippen molar-refractivity contribution in [1.29, 1.82) is 0 Å². The average molecular weight is 422 g/mol. The number of hydrogen-bond donors (Lipinski definition) is 1. The first kappa shape index (κ1) is 22.9. The lowest BCUT2D eigenvalue weighted by Gasteiger charge is -2.32. The van der Waals surface area contributed by atoms with Crippen molar-refractivity contribution in [2.24, 2.45) is 11.1 Å². The normalized spacial score (nSPS) is 11.6. The topological polar surface area (TPSA) is 90.9 Å². The van der Waals surface area contributed by atoms with E-state index in [1.807, 2.05) is 24.3 Å². The molecule has 7 nitrogen and oxygen atoms in total. The van der Waals surface area contributed by atoms with Crippen LogP contribution in [0.1, 0.15) is 25.0 Å². The van der Waals surface area contributed by atoms with E-state index in [-0.39, 0.29) is 11.1 Å². The highest BCUT2D eigenvalue weighted by Gasteiger charge is 2.25. The van der Waals surface area contributed by atoms with Gasteiger partial charge in [-0.05, 0) is 35.7 Å². The van der Waals surface area contributed by atoms with Crippen molar-refractivity contribution in [3.63, 3.8) is 0 Å². The van der Waals surface area contributed by atoms with Crippen LogP contribution in [0.3, 0.4) is 0 Å². The van der Waals surface area contributed by atoms with E-state index in [9.17, 15) is 10.1 Å². The average Bonchev–Trinajstić information content (AvgIpc) is 2.67. The summed E-state index contributed by atoms with van der Waals surface area (Å²) in [4.78, 5) is 13.4. The zero-order valence-corrected chi connectivity index (χ0v) is 18.0. The number of ether oxygens (including phenoxy) is 2. The summed E-state index contributed by atoms with van der Waals surface area (Å²) in [6, 6.07) is 10.7. The molecule has 8 heteroatoms. The number of rotatable bonds is 10. The second kappa shape index (κ2) is 9.91. The van der Waals surface area contributed by atoms with Crippen molar-refractivity contribution in [3.8, 4) is 11.5 Å². The lowest BCUT2D eigenvalue weighted by Crippen LogP contribution is -2.38. The molecular formula is C21H28ClN3O4. The molecule has 0 amide bonds. The Morgan fingerprint density at radius 2 is 1.79 bits per heavy atom. The number of benzene rings is 2. The van der Waals surface area contributed by atoms with E-state index in [1.54, 1.807) is 6.07 Å². The van der Waals surface area contributed by atoms with Gasteiger partial charge in [0.05, 0.1) is 25.2 Å². The van der Waals surface area contributed by atoms with E-state index < -0.39 is 4.92 Å². The summed E-state index contributed by atoms with van der Waals surface area (Å²) in [5, 5.41) is 12.3. The van der Waals surface area contributed by atoms with Gasteiger partial charge in [-0.25, -0.2) is 0 Å². The number of nitro groups is 1. The second-order valence-corrected chi connectivity index (χ2v) is 8.17. The molecule has 2 rings (SSSR count). The molecule has 0 aliphatic carbocycles. The van der Waals surface area contributed by atoms with E-state index in [2.05, 4.69) is 18.7 Å². The largest absolute Gasteiger partial charge is 0.493 e. The fourth-order valence-electron chi connectivity index (χ4n) is 3.18. The van der Waals surface area contributed by atoms with Crippen molar-refractivity contribution in [3.05, 3.63) is 62.7 Å². The number of methoxy groups -OCH3 is 2. The van der Waals surface area contributed by atoms with E-state index in [0.717, 1.165) is 5.56 Å². The van der Waals surface area contributed by atoms with Crippen LogP contribution >= 0.6 is 11.6 Å². The van der Waals surface area contributed by atoms with Gasteiger partial charge in [-0.15, -0.1) is 0 Å². The maximum atomic E-state index is 11.7. The first-order chi connectivity index (χ1) is 13.7. The summed E-state index contributed by atoms with van der Waals surface area (Å²) >= 11 is 6.13. The summed E-state index contributed by atoms with van der Waals surface area (Å²) in [6.07, 6.45) is 0. The first-order valence-corrected chi connectivity index (χ1v) is 9.63. The predicted molar refractivity (Wildman–Crippen MR) is 115 cm³/mol. The molecule has 0 aromatic heterocycles. The molecule has 29 heavy (non-hydrogen) atoms. The highest BCUT2D eigenvalue weighted by molar-refractivity contribution is 6.30. The molecule has 0 radical (unpaired) electrons. The fourth-order valence-corrected chi connectivity index (χ4v) is 3.39. The Kier molecular flexibility index (Phi) is 7.84. The molecule has 0 fully saturated rings. The van der Waals surface area contributed by atoms with Crippen LogP contribution in [0.15, 0.2) is 36.4 Å². The van der Waals surface area contributed by atoms with Gasteiger partial charge in [-0.3, -0.25) is 15.0 Å². The Morgan fingerprint density at radius 3 is 2.34 bits per heavy atom. The third-order valence-corrected chi connectivity index (χ3v) is 4.91. The van der Waals surface area contributed by atoms with Crippen LogP contribution < -0.4 is 15.2 Å². The van der Waals surface area contributed by atoms with Gasteiger partial charge in [-0.1, -0.05) is 37.6 Å². The van der Waals surface area contributed by atoms with Gasteiger partial charge in [0.25, 0.3) is 5.69 Å². The highest BCUT2D eigenvalue weighted by Crippen LogP contribution is 2.35. The summed E-state index contributed by atoms with van der Waals surface area (Å²) in [6.45, 7) is 6.22. The molecule has 0 bridgehead atoms. The number of halogens is 1. The van der Waals surface area contributed by atoms with Gasteiger partial charge in [0.15, 0.2) is 11.5 Å². The van der Waals surface area contributed by atoms with Crippen LogP contribution in [0, 0.1) is 15.5 Å². The zero-order chi connectivity index (χ0) is 21.6. The smallest absolute Gasteiger partial charge is 0.277 e. The van der Waals surface area contributed by atoms with Gasteiger partial charge < -0.3 is 15.2 Å². The van der Waals surface area contributed by atoms with Gasteiger partial charge in [0.1, 0.15) is 0 Å². The first-order valence-electron chi connectivity index (χ1n) is 9.25. The number of nitrogens with two attached hydrogens (primary N) is 1. The quantitative estimate of drug-likeness (QED) is 0.455. The molecule has 2 N–H and O–H groups in total. The SMILES string of the molecule is COc1cc(CN(Cc2cccc(Cl)c2)CC(C)(C)CN)c([N+](=O)[O-])cc1OC. The molecule has 0 unspecified atom stereocenters. The molecular weight excluding hydrogens is 394 g/mol. The molecule has 0 saturated heterocycles. The van der Waals surface area contributed by atoms with Gasteiger partial charge >= 0.3 is 0 Å². The number of nitro benzene ring substituents is 1. The van der Waals surface area contributed by atoms with Crippen LogP contribution in [0.5, 0.6) is 11.5 Å².